The SMILES string of the molecule is CCN(CCOc1ccc(NC(=O)NC(=O)C[C@@H]2NC(=O)[C@H](NC(=O)[C@@H](CC(C)C)N(C)C(=O)OC(C)(C)C)[C@H](O)c3ccc(c(C)c3)Oc3cc4cc(c3O[C@@H]3O[C@H](CNC(=O)OC(C)(C)C)[C@@H](O)[C@H](O)[C@H]3O)Oc3ccc(cc3Cl)[C@@H](O)[C@@H]3NC(=O)[C@H](NC(=O)[C@@H]4NC2=O)c2ccc(O)c(c2)-c2c(O)cc(O)cc2[C@@H](C(=O)NC2C4CC5CC(C4)CC2C5)NC3=O)cc1)C(=O)OC(C)(C)C. The molecule has 0 spiro atoms. The number of anilines is 1. The Morgan fingerprint density at radius 1 is 0.599 bits per heavy atom. The number of aliphatic hydroxyl groups is 5. The van der Waals surface area contributed by atoms with Crippen LogP contribution in [0.2, 0.25) is 5.02 Å². The molecule has 738 valence electrons. The van der Waals surface area contributed by atoms with E-state index in [9.17, 15) is 64.8 Å². The van der Waals surface area contributed by atoms with Gasteiger partial charge in [-0.2, -0.15) is 0 Å². The highest BCUT2D eigenvalue weighted by Gasteiger charge is 2.52. The van der Waals surface area contributed by atoms with Crippen LogP contribution < -0.4 is 72.1 Å². The number of aromatic hydroxyl groups is 3. The molecule has 4 aliphatic carbocycles. The van der Waals surface area contributed by atoms with Gasteiger partial charge in [0.1, 0.15) is 137 Å². The summed E-state index contributed by atoms with van der Waals surface area (Å²) in [5, 5.41) is 122. The van der Waals surface area contributed by atoms with Gasteiger partial charge in [0.25, 0.3) is 0 Å². The first kappa shape index (κ1) is 101. The summed E-state index contributed by atoms with van der Waals surface area (Å²) in [6.07, 6.45) is -14.3. The number of phenolic OH excluding ortho intramolecular Hbond substituents is 3. The Hall–Kier alpha value is -13.0. The zero-order chi connectivity index (χ0) is 99.6. The predicted molar refractivity (Wildman–Crippen MR) is 489 cm³/mol. The molecule has 15 bridgehead atoms. The Bertz CT molecular complexity index is 5580. The number of aryl methyl sites for hydroxylation is 1. The van der Waals surface area contributed by atoms with Gasteiger partial charge in [-0.3, -0.25) is 48.6 Å². The summed E-state index contributed by atoms with van der Waals surface area (Å²) in [4.78, 5) is 183. The second-order valence-corrected chi connectivity index (χ2v) is 39.5. The summed E-state index contributed by atoms with van der Waals surface area (Å²) in [6, 6.07) is 3.56. The van der Waals surface area contributed by atoms with Gasteiger partial charge in [0, 0.05) is 49.1 Å². The van der Waals surface area contributed by atoms with Crippen LogP contribution in [0.15, 0.2) is 103 Å². The van der Waals surface area contributed by atoms with E-state index in [0.29, 0.717) is 18.4 Å². The number of hydrogen-bond acceptors (Lipinski definition) is 28. The minimum absolute atomic E-state index is 0.0142. The summed E-state index contributed by atoms with van der Waals surface area (Å²) in [7, 11) is 1.26. The fourth-order valence-corrected chi connectivity index (χ4v) is 18.5. The number of amides is 13. The van der Waals surface area contributed by atoms with Crippen LogP contribution >= 0.6 is 11.6 Å². The Balaban J connectivity index is 0.969. The minimum Gasteiger partial charge on any atom is -0.508 e. The van der Waals surface area contributed by atoms with Gasteiger partial charge >= 0.3 is 24.3 Å². The van der Waals surface area contributed by atoms with Crippen molar-refractivity contribution in [2.75, 3.05) is 38.6 Å². The third-order valence-corrected chi connectivity index (χ3v) is 24.9. The van der Waals surface area contributed by atoms with E-state index in [-0.39, 0.29) is 87.9 Å². The van der Waals surface area contributed by atoms with E-state index in [1.165, 1.54) is 67.4 Å². The molecule has 18 N–H and O–H groups in total. The van der Waals surface area contributed by atoms with Crippen LogP contribution in [0.25, 0.3) is 11.1 Å². The number of ether oxygens (including phenoxy) is 8. The third kappa shape index (κ3) is 24.3. The van der Waals surface area contributed by atoms with Crippen LogP contribution in [0.5, 0.6) is 51.7 Å². The number of likely N-dealkylation sites (N-methyl/N-ethyl adjacent to an activating group) is 2. The number of fused-ring (bicyclic) bond motifs is 15. The molecule has 6 aromatic rings. The zero-order valence-corrected chi connectivity index (χ0v) is 78.9. The third-order valence-electron chi connectivity index (χ3n) is 24.6. The Labute approximate surface area is 794 Å². The Morgan fingerprint density at radius 2 is 1.20 bits per heavy atom. The van der Waals surface area contributed by atoms with Crippen molar-refractivity contribution in [1.82, 2.24) is 57.7 Å². The lowest BCUT2D eigenvalue weighted by molar-refractivity contribution is -0.270. The van der Waals surface area contributed by atoms with Crippen molar-refractivity contribution < 1.29 is 136 Å². The van der Waals surface area contributed by atoms with Crippen molar-refractivity contribution in [1.29, 1.82) is 0 Å². The second kappa shape index (κ2) is 41.5. The molecule has 5 fully saturated rings. The lowest BCUT2D eigenvalue weighted by atomic mass is 9.54. The van der Waals surface area contributed by atoms with Crippen LogP contribution in [0, 0.1) is 36.5 Å². The van der Waals surface area contributed by atoms with E-state index in [1.807, 2.05) is 0 Å². The summed E-state index contributed by atoms with van der Waals surface area (Å²) in [5.41, 5.74) is -5.15. The number of benzene rings is 6. The first-order valence-electron chi connectivity index (χ1n) is 45.4. The zero-order valence-electron chi connectivity index (χ0n) is 78.2. The molecule has 6 heterocycles. The minimum atomic E-state index is -2.47. The normalized spacial score (nSPS) is 25.5. The molecule has 10 aliphatic rings. The fraction of sp³-hybridized carbons (Fsp3) is 0.500. The van der Waals surface area contributed by atoms with E-state index in [2.05, 4.69) is 53.2 Å². The molecule has 137 heavy (non-hydrogen) atoms. The molecule has 13 amide bonds. The van der Waals surface area contributed by atoms with Gasteiger partial charge in [0.2, 0.25) is 59.3 Å². The number of alkyl carbamates (subject to hydrolysis) is 1. The maximum absolute atomic E-state index is 16.7. The number of rotatable bonds is 19. The topological polar surface area (TPSA) is 567 Å². The molecule has 0 radical (unpaired) electrons. The monoisotopic (exact) mass is 1920 g/mol. The number of nitrogens with zero attached hydrogens (tertiary/aromatic N) is 2. The smallest absolute Gasteiger partial charge is 0.410 e. The number of halogens is 1. The lowest BCUT2D eigenvalue weighted by Gasteiger charge is -2.54. The molecule has 1 saturated heterocycles. The number of imide groups is 1. The lowest BCUT2D eigenvalue weighted by Crippen LogP contribution is -2.61. The van der Waals surface area contributed by atoms with Gasteiger partial charge in [-0.05, 0) is 257 Å². The molecular formula is C96H119ClN12O28. The predicted octanol–water partition coefficient (Wildman–Crippen LogP) is 8.06. The number of phenols is 3. The van der Waals surface area contributed by atoms with Crippen molar-refractivity contribution in [2.24, 2.45) is 29.6 Å². The van der Waals surface area contributed by atoms with Crippen molar-refractivity contribution in [3.63, 3.8) is 0 Å². The number of aliphatic hydroxyl groups excluding tert-OH is 5. The van der Waals surface area contributed by atoms with E-state index in [4.69, 9.17) is 49.5 Å². The number of carbonyl (C=O) groups is 12. The highest BCUT2D eigenvalue weighted by molar-refractivity contribution is 6.32. The maximum atomic E-state index is 16.7. The average molecular weight is 1920 g/mol. The average Bonchev–Trinajstić information content (AvgIpc) is 0.755. The van der Waals surface area contributed by atoms with Crippen molar-refractivity contribution in [3.05, 3.63) is 142 Å². The van der Waals surface area contributed by atoms with Crippen molar-refractivity contribution in [3.8, 4) is 62.9 Å². The molecule has 0 aromatic heterocycles. The molecular weight excluding hydrogens is 1800 g/mol. The molecule has 6 aromatic carbocycles. The summed E-state index contributed by atoms with van der Waals surface area (Å²) < 4.78 is 48.8. The van der Waals surface area contributed by atoms with Crippen LogP contribution in [0.1, 0.15) is 192 Å². The number of nitrogens with one attached hydrogen (secondary N) is 10. The van der Waals surface area contributed by atoms with Crippen LogP contribution in [-0.2, 0) is 57.3 Å². The van der Waals surface area contributed by atoms with E-state index in [1.54, 1.807) is 83.1 Å². The van der Waals surface area contributed by atoms with Gasteiger partial charge in [-0.25, -0.2) is 19.2 Å². The molecule has 6 aliphatic heterocycles. The number of carbonyl (C=O) groups excluding carboxylic acids is 12. The Morgan fingerprint density at radius 3 is 1.82 bits per heavy atom. The van der Waals surface area contributed by atoms with E-state index in [0.717, 1.165) is 91.6 Å². The van der Waals surface area contributed by atoms with Crippen molar-refractivity contribution in [2.45, 2.75) is 243 Å². The Kier molecular flexibility index (Phi) is 30.7. The van der Waals surface area contributed by atoms with Gasteiger partial charge in [-0.1, -0.05) is 43.6 Å². The second-order valence-electron chi connectivity index (χ2n) is 39.1. The molecule has 4 saturated carbocycles. The first-order chi connectivity index (χ1) is 64.4. The van der Waals surface area contributed by atoms with Crippen LogP contribution in [0.4, 0.5) is 24.9 Å². The fourth-order valence-electron chi connectivity index (χ4n) is 18.3. The summed E-state index contributed by atoms with van der Waals surface area (Å²) in [5.74, 6) is -14.2. The maximum Gasteiger partial charge on any atom is 0.410 e. The highest BCUT2D eigenvalue weighted by Crippen LogP contribution is 2.55. The van der Waals surface area contributed by atoms with E-state index < -0.39 is 249 Å². The first-order valence-corrected chi connectivity index (χ1v) is 45.7. The largest absolute Gasteiger partial charge is 0.508 e. The van der Waals surface area contributed by atoms with E-state index >= 15 is 33.6 Å². The quantitative estimate of drug-likeness (QED) is 0.0341. The van der Waals surface area contributed by atoms with Gasteiger partial charge in [-0.15, -0.1) is 0 Å². The standard InChI is InChI=1S/C96H119ClN12O28/c1-15-109(93(129)137-96(11,12)13)26-27-130-55-21-19-53(20-22-55)99-90(126)101-68(113)41-59-82(119)103-72-52-37-65(131-63-24-17-48(29-44(63)4)76(114)74(87(124)100-59)106-83(120)60(28-43(2)3)108(14)92(128)136-95(8,9)10)81(134-89-80(118)79(117)78(116)67(133-89)42-98-91(127)135-94(5,6)7)66(38-52)132-64-25-18-49(36-58(64)97)77(115)75-88(125)105-73(86(123)102-70-50-31-45-30-46(33-50)34-51(70)32-45)57-39-54(110)40-62(112)69(57)56-35-47(16-23-61(56)111)71(84(121)107-75)104-85(72)122/h16-25,29,35-40,43,45-46,50-51,59-60,67,70-80,89,110-112,114-118H,15,26-28,30-34,41-42H2,1-14H3,(H,98,127)(H,100,124)(H,102,123)(H,103,119)(H,104,122)(H,105,125)(H,106,120)(H,107,121)(H2,99,101,113,126)/t45?,46?,50?,51?,59-,60+,67+,70?,71+,72+,73-,74+,75-,76+,77+,78+,79-,80+,89-/m0/s1. The molecule has 16 rings (SSSR count). The van der Waals surface area contributed by atoms with Gasteiger partial charge in [0.15, 0.2) is 11.5 Å². The molecule has 40 nitrogen and oxygen atoms in total. The molecule has 0 unspecified atom stereocenters. The van der Waals surface area contributed by atoms with Gasteiger partial charge in [0.05, 0.1) is 18.0 Å². The van der Waals surface area contributed by atoms with Crippen LogP contribution in [-0.4, -0.2) is 233 Å². The van der Waals surface area contributed by atoms with Gasteiger partial charge < -0.3 is 131 Å². The molecule has 41 heteroatoms. The summed E-state index contributed by atoms with van der Waals surface area (Å²) in [6.45, 7) is 21.2. The molecule has 14 atom stereocenters. The highest BCUT2D eigenvalue weighted by atomic mass is 35.5. The number of urea groups is 1. The number of hydrogen-bond donors (Lipinski definition) is 18. The summed E-state index contributed by atoms with van der Waals surface area (Å²) >= 11 is 7.27. The van der Waals surface area contributed by atoms with Crippen molar-refractivity contribution >= 4 is 88.9 Å². The van der Waals surface area contributed by atoms with Crippen LogP contribution in [0.3, 0.4) is 0 Å².